The number of carbonyl (C=O) groups excluding carboxylic acids is 1. The number of amides is 1. The van der Waals surface area contributed by atoms with Gasteiger partial charge in [-0.1, -0.05) is 35.5 Å². The molecule has 0 unspecified atom stereocenters. The van der Waals surface area contributed by atoms with E-state index in [2.05, 4.69) is 15.6 Å². The highest BCUT2D eigenvalue weighted by atomic mass is 16.1. The van der Waals surface area contributed by atoms with E-state index in [4.69, 9.17) is 0 Å². The fraction of sp³-hybridized carbons (Fsp3) is 0.182. The number of aromatic nitrogens is 3. The predicted octanol–water partition coefficient (Wildman–Crippen LogP) is 1.28. The van der Waals surface area contributed by atoms with E-state index in [9.17, 15) is 4.79 Å². The van der Waals surface area contributed by atoms with Gasteiger partial charge in [-0.15, -0.1) is 5.10 Å². The van der Waals surface area contributed by atoms with Gasteiger partial charge in [0.1, 0.15) is 0 Å². The van der Waals surface area contributed by atoms with E-state index < -0.39 is 0 Å². The van der Waals surface area contributed by atoms with Crippen molar-refractivity contribution in [3.05, 3.63) is 42.1 Å². The van der Waals surface area contributed by atoms with Crippen LogP contribution >= 0.6 is 0 Å². The molecule has 2 aromatic rings. The molecule has 0 radical (unpaired) electrons. The van der Waals surface area contributed by atoms with Gasteiger partial charge in [0.2, 0.25) is 5.91 Å². The van der Waals surface area contributed by atoms with Crippen LogP contribution in [0.4, 0.5) is 5.82 Å². The Balaban J connectivity index is 2.16. The summed E-state index contributed by atoms with van der Waals surface area (Å²) in [5, 5.41) is 10.4. The summed E-state index contributed by atoms with van der Waals surface area (Å²) in [7, 11) is 0. The molecule has 2 rings (SSSR count). The van der Waals surface area contributed by atoms with Gasteiger partial charge in [-0.25, -0.2) is 4.68 Å². The minimum atomic E-state index is -0.128. The SMILES string of the molecule is CC(=O)Nc1cnnn1Cc1ccccc1. The van der Waals surface area contributed by atoms with E-state index in [0.717, 1.165) is 5.56 Å². The summed E-state index contributed by atoms with van der Waals surface area (Å²) < 4.78 is 1.65. The monoisotopic (exact) mass is 216 g/mol. The summed E-state index contributed by atoms with van der Waals surface area (Å²) in [6.45, 7) is 2.05. The molecular formula is C11H12N4O. The highest BCUT2D eigenvalue weighted by Gasteiger charge is 2.05. The molecule has 0 fully saturated rings. The Bertz CT molecular complexity index is 478. The van der Waals surface area contributed by atoms with Crippen LogP contribution in [0.2, 0.25) is 0 Å². The summed E-state index contributed by atoms with van der Waals surface area (Å²) in [6, 6.07) is 9.88. The van der Waals surface area contributed by atoms with Gasteiger partial charge in [0.25, 0.3) is 0 Å². The van der Waals surface area contributed by atoms with Crippen LogP contribution in [0.25, 0.3) is 0 Å². The molecule has 5 heteroatoms. The van der Waals surface area contributed by atoms with E-state index in [1.165, 1.54) is 13.1 Å². The number of hydrogen-bond donors (Lipinski definition) is 1. The third-order valence-electron chi connectivity index (χ3n) is 2.10. The van der Waals surface area contributed by atoms with Crippen molar-refractivity contribution in [2.24, 2.45) is 0 Å². The first-order chi connectivity index (χ1) is 7.75. The lowest BCUT2D eigenvalue weighted by atomic mass is 10.2. The van der Waals surface area contributed by atoms with Gasteiger partial charge < -0.3 is 5.32 Å². The van der Waals surface area contributed by atoms with Crippen molar-refractivity contribution in [2.45, 2.75) is 13.5 Å². The molecule has 0 aliphatic heterocycles. The second-order valence-corrected chi connectivity index (χ2v) is 3.44. The lowest BCUT2D eigenvalue weighted by molar-refractivity contribution is -0.114. The molecule has 0 saturated carbocycles. The Morgan fingerprint density at radius 2 is 2.12 bits per heavy atom. The molecule has 5 nitrogen and oxygen atoms in total. The van der Waals surface area contributed by atoms with Crippen LogP contribution in [0.3, 0.4) is 0 Å². The zero-order valence-corrected chi connectivity index (χ0v) is 8.92. The number of carbonyl (C=O) groups is 1. The molecule has 1 amide bonds. The molecule has 1 aromatic carbocycles. The van der Waals surface area contributed by atoms with Crippen molar-refractivity contribution < 1.29 is 4.79 Å². The molecule has 1 aromatic heterocycles. The Morgan fingerprint density at radius 1 is 1.38 bits per heavy atom. The lowest BCUT2D eigenvalue weighted by Crippen LogP contribution is -2.12. The topological polar surface area (TPSA) is 59.8 Å². The van der Waals surface area contributed by atoms with Gasteiger partial charge in [0, 0.05) is 6.92 Å². The van der Waals surface area contributed by atoms with Gasteiger partial charge in [-0.2, -0.15) is 0 Å². The average molecular weight is 216 g/mol. The number of nitrogens with one attached hydrogen (secondary N) is 1. The van der Waals surface area contributed by atoms with Crippen molar-refractivity contribution in [1.29, 1.82) is 0 Å². The quantitative estimate of drug-likeness (QED) is 0.840. The normalized spacial score (nSPS) is 10.1. The molecular weight excluding hydrogens is 204 g/mol. The Labute approximate surface area is 93.1 Å². The summed E-state index contributed by atoms with van der Waals surface area (Å²) in [6.07, 6.45) is 1.53. The third kappa shape index (κ3) is 2.44. The van der Waals surface area contributed by atoms with Crippen LogP contribution in [0.1, 0.15) is 12.5 Å². The number of rotatable bonds is 3. The molecule has 1 heterocycles. The first kappa shape index (κ1) is 10.4. The molecule has 16 heavy (non-hydrogen) atoms. The first-order valence-electron chi connectivity index (χ1n) is 4.96. The average Bonchev–Trinajstić information content (AvgIpc) is 2.66. The van der Waals surface area contributed by atoms with Crippen molar-refractivity contribution in [1.82, 2.24) is 15.0 Å². The van der Waals surface area contributed by atoms with Crippen molar-refractivity contribution in [3.63, 3.8) is 0 Å². The van der Waals surface area contributed by atoms with Gasteiger partial charge >= 0.3 is 0 Å². The zero-order chi connectivity index (χ0) is 11.4. The second-order valence-electron chi connectivity index (χ2n) is 3.44. The predicted molar refractivity (Wildman–Crippen MR) is 59.9 cm³/mol. The summed E-state index contributed by atoms with van der Waals surface area (Å²) in [5.41, 5.74) is 1.11. The van der Waals surface area contributed by atoms with Gasteiger partial charge in [0.05, 0.1) is 12.7 Å². The van der Waals surface area contributed by atoms with E-state index in [0.29, 0.717) is 12.4 Å². The van der Waals surface area contributed by atoms with Crippen LogP contribution < -0.4 is 5.32 Å². The van der Waals surface area contributed by atoms with Crippen LogP contribution in [-0.4, -0.2) is 20.9 Å². The molecule has 0 aliphatic carbocycles. The molecule has 0 atom stereocenters. The Kier molecular flexibility index (Phi) is 2.95. The summed E-state index contributed by atoms with van der Waals surface area (Å²) in [4.78, 5) is 10.9. The Hall–Kier alpha value is -2.17. The number of hydrogen-bond acceptors (Lipinski definition) is 3. The summed E-state index contributed by atoms with van der Waals surface area (Å²) in [5.74, 6) is 0.480. The standard InChI is InChI=1S/C11H12N4O/c1-9(16)13-11-7-12-14-15(11)8-10-5-3-2-4-6-10/h2-7H,8H2,1H3,(H,13,16). The van der Waals surface area contributed by atoms with E-state index >= 15 is 0 Å². The maximum absolute atomic E-state index is 10.9. The van der Waals surface area contributed by atoms with Gasteiger partial charge in [0.15, 0.2) is 5.82 Å². The molecule has 82 valence electrons. The van der Waals surface area contributed by atoms with Crippen LogP contribution in [0.5, 0.6) is 0 Å². The van der Waals surface area contributed by atoms with E-state index in [1.807, 2.05) is 30.3 Å². The zero-order valence-electron chi connectivity index (χ0n) is 8.92. The number of nitrogens with zero attached hydrogens (tertiary/aromatic N) is 3. The highest BCUT2D eigenvalue weighted by molar-refractivity contribution is 5.87. The van der Waals surface area contributed by atoms with Gasteiger partial charge in [-0.05, 0) is 5.56 Å². The smallest absolute Gasteiger partial charge is 0.222 e. The van der Waals surface area contributed by atoms with Crippen LogP contribution in [0, 0.1) is 0 Å². The summed E-state index contributed by atoms with van der Waals surface area (Å²) >= 11 is 0. The second kappa shape index (κ2) is 4.57. The minimum absolute atomic E-state index is 0.128. The maximum Gasteiger partial charge on any atom is 0.222 e. The van der Waals surface area contributed by atoms with E-state index in [1.54, 1.807) is 4.68 Å². The highest BCUT2D eigenvalue weighted by Crippen LogP contribution is 2.08. The fourth-order valence-corrected chi connectivity index (χ4v) is 1.41. The van der Waals surface area contributed by atoms with Crippen molar-refractivity contribution in [3.8, 4) is 0 Å². The first-order valence-corrected chi connectivity index (χ1v) is 4.96. The largest absolute Gasteiger partial charge is 0.310 e. The molecule has 0 spiro atoms. The third-order valence-corrected chi connectivity index (χ3v) is 2.10. The van der Waals surface area contributed by atoms with Crippen LogP contribution in [-0.2, 0) is 11.3 Å². The van der Waals surface area contributed by atoms with E-state index in [-0.39, 0.29) is 5.91 Å². The molecule has 0 aliphatic rings. The fourth-order valence-electron chi connectivity index (χ4n) is 1.41. The lowest BCUT2D eigenvalue weighted by Gasteiger charge is -2.05. The molecule has 0 saturated heterocycles. The van der Waals surface area contributed by atoms with Gasteiger partial charge in [-0.3, -0.25) is 4.79 Å². The number of benzene rings is 1. The molecule has 1 N–H and O–H groups in total. The number of anilines is 1. The maximum atomic E-state index is 10.9. The minimum Gasteiger partial charge on any atom is -0.310 e. The molecule has 0 bridgehead atoms. The van der Waals surface area contributed by atoms with Crippen LogP contribution in [0.15, 0.2) is 36.5 Å². The Morgan fingerprint density at radius 3 is 2.81 bits per heavy atom. The van der Waals surface area contributed by atoms with Crippen molar-refractivity contribution in [2.75, 3.05) is 5.32 Å². The van der Waals surface area contributed by atoms with Crippen molar-refractivity contribution >= 4 is 11.7 Å².